The van der Waals surface area contributed by atoms with Gasteiger partial charge in [0.2, 0.25) is 0 Å². The van der Waals surface area contributed by atoms with Crippen LogP contribution in [0.25, 0.3) is 0 Å². The Morgan fingerprint density at radius 3 is 1.53 bits per heavy atom. The Morgan fingerprint density at radius 1 is 0.933 bits per heavy atom. The molecule has 0 bridgehead atoms. The number of epoxide rings is 2. The molecule has 0 N–H and O–H groups in total. The van der Waals surface area contributed by atoms with Crippen molar-refractivity contribution >= 4 is 0 Å². The van der Waals surface area contributed by atoms with Gasteiger partial charge in [-0.3, -0.25) is 0 Å². The molecule has 0 amide bonds. The Kier molecular flexibility index (Phi) is 2.82. The monoisotopic (exact) mass is 214 g/mol. The van der Waals surface area contributed by atoms with Crippen molar-refractivity contribution in [3.05, 3.63) is 0 Å². The topological polar surface area (TPSA) is 34.3 Å². The van der Waals surface area contributed by atoms with Crippen LogP contribution in [0.4, 0.5) is 0 Å². The van der Waals surface area contributed by atoms with E-state index >= 15 is 0 Å². The molecule has 3 nitrogen and oxygen atoms in total. The van der Waals surface area contributed by atoms with Gasteiger partial charge >= 0.3 is 0 Å². The molecule has 0 saturated carbocycles. The summed E-state index contributed by atoms with van der Waals surface area (Å²) in [6.45, 7) is 10.4. The molecule has 0 aromatic heterocycles. The summed E-state index contributed by atoms with van der Waals surface area (Å²) in [5.74, 6) is 0. The summed E-state index contributed by atoms with van der Waals surface area (Å²) in [6.07, 6.45) is 2.82. The minimum Gasteiger partial charge on any atom is -0.373 e. The van der Waals surface area contributed by atoms with Crippen LogP contribution in [0.3, 0.4) is 0 Å². The fraction of sp³-hybridized carbons (Fsp3) is 1.00. The highest BCUT2D eigenvalue weighted by Gasteiger charge is 2.38. The lowest BCUT2D eigenvalue weighted by molar-refractivity contribution is -0.132. The second-order valence-electron chi connectivity index (χ2n) is 5.94. The van der Waals surface area contributed by atoms with Crippen molar-refractivity contribution in [3.8, 4) is 0 Å². The second kappa shape index (κ2) is 3.72. The van der Waals surface area contributed by atoms with Crippen molar-refractivity contribution in [3.63, 3.8) is 0 Å². The van der Waals surface area contributed by atoms with Gasteiger partial charge in [0, 0.05) is 12.8 Å². The summed E-state index contributed by atoms with van der Waals surface area (Å²) in [7, 11) is 0. The Morgan fingerprint density at radius 2 is 1.27 bits per heavy atom. The van der Waals surface area contributed by atoms with Crippen LogP contribution in [0, 0.1) is 0 Å². The maximum absolute atomic E-state index is 6.17. The summed E-state index contributed by atoms with van der Waals surface area (Å²) in [6, 6.07) is 0. The van der Waals surface area contributed by atoms with Gasteiger partial charge in [-0.2, -0.15) is 0 Å². The third kappa shape index (κ3) is 4.09. The molecule has 2 heterocycles. The van der Waals surface area contributed by atoms with Crippen LogP contribution in [0.1, 0.15) is 40.5 Å². The molecular formula is C12H22O3. The first-order valence-electron chi connectivity index (χ1n) is 5.80. The van der Waals surface area contributed by atoms with Gasteiger partial charge in [0.15, 0.2) is 0 Å². The van der Waals surface area contributed by atoms with Crippen LogP contribution in [0.5, 0.6) is 0 Å². The van der Waals surface area contributed by atoms with E-state index in [-0.39, 0.29) is 11.2 Å². The smallest absolute Gasteiger partial charge is 0.0837 e. The molecule has 2 fully saturated rings. The van der Waals surface area contributed by atoms with Crippen LogP contribution in [0.2, 0.25) is 0 Å². The van der Waals surface area contributed by atoms with Crippen LogP contribution < -0.4 is 0 Å². The summed E-state index contributed by atoms with van der Waals surface area (Å²) < 4.78 is 16.7. The van der Waals surface area contributed by atoms with Crippen LogP contribution >= 0.6 is 0 Å². The van der Waals surface area contributed by atoms with Gasteiger partial charge < -0.3 is 14.2 Å². The van der Waals surface area contributed by atoms with Gasteiger partial charge in [-0.15, -0.1) is 0 Å². The quantitative estimate of drug-likeness (QED) is 0.635. The molecule has 0 radical (unpaired) electrons. The van der Waals surface area contributed by atoms with Crippen molar-refractivity contribution in [2.24, 2.45) is 0 Å². The van der Waals surface area contributed by atoms with Crippen molar-refractivity contribution in [1.82, 2.24) is 0 Å². The van der Waals surface area contributed by atoms with E-state index in [2.05, 4.69) is 27.7 Å². The first kappa shape index (κ1) is 11.4. The Hall–Kier alpha value is -0.120. The van der Waals surface area contributed by atoms with Gasteiger partial charge in [0.1, 0.15) is 0 Å². The zero-order valence-corrected chi connectivity index (χ0v) is 10.2. The molecule has 2 rings (SSSR count). The predicted molar refractivity (Wildman–Crippen MR) is 58.0 cm³/mol. The van der Waals surface area contributed by atoms with Crippen LogP contribution in [-0.2, 0) is 14.2 Å². The van der Waals surface area contributed by atoms with Gasteiger partial charge in [0.25, 0.3) is 0 Å². The SMILES string of the molecule is CC(C)(CC1CO1)OC(C)(C)CC1CO1. The first-order chi connectivity index (χ1) is 6.86. The van der Waals surface area contributed by atoms with Crippen molar-refractivity contribution in [1.29, 1.82) is 0 Å². The highest BCUT2D eigenvalue weighted by Crippen LogP contribution is 2.33. The van der Waals surface area contributed by atoms with E-state index in [1.165, 1.54) is 0 Å². The van der Waals surface area contributed by atoms with Gasteiger partial charge in [-0.05, 0) is 27.7 Å². The van der Waals surface area contributed by atoms with Crippen LogP contribution in [-0.4, -0.2) is 36.6 Å². The van der Waals surface area contributed by atoms with Gasteiger partial charge in [0.05, 0.1) is 36.6 Å². The number of ether oxygens (including phenoxy) is 3. The number of hydrogen-bond donors (Lipinski definition) is 0. The molecule has 0 aromatic rings. The lowest BCUT2D eigenvalue weighted by atomic mass is 9.97. The average Bonchev–Trinajstić information content (AvgIpc) is 2.80. The lowest BCUT2D eigenvalue weighted by Crippen LogP contribution is -2.38. The molecule has 0 aliphatic carbocycles. The largest absolute Gasteiger partial charge is 0.373 e. The Labute approximate surface area is 92.1 Å². The maximum Gasteiger partial charge on any atom is 0.0837 e. The average molecular weight is 214 g/mol. The highest BCUT2D eigenvalue weighted by molar-refractivity contribution is 4.87. The predicted octanol–water partition coefficient (Wildman–Crippen LogP) is 2.14. The molecule has 2 aliphatic heterocycles. The summed E-state index contributed by atoms with van der Waals surface area (Å²) in [4.78, 5) is 0. The molecule has 0 spiro atoms. The van der Waals surface area contributed by atoms with E-state index in [0.717, 1.165) is 26.1 Å². The third-order valence-electron chi connectivity index (χ3n) is 2.80. The maximum atomic E-state index is 6.17. The molecule has 3 heteroatoms. The fourth-order valence-electron chi connectivity index (χ4n) is 2.30. The molecule has 2 unspecified atom stereocenters. The number of rotatable bonds is 6. The second-order valence-corrected chi connectivity index (χ2v) is 5.94. The standard InChI is InChI=1S/C12H22O3/c1-11(2,5-9-7-13-9)15-12(3,4)6-10-8-14-10/h9-10H,5-8H2,1-4H3. The van der Waals surface area contributed by atoms with E-state index < -0.39 is 0 Å². The molecule has 2 saturated heterocycles. The molecule has 2 atom stereocenters. The van der Waals surface area contributed by atoms with E-state index in [9.17, 15) is 0 Å². The van der Waals surface area contributed by atoms with E-state index in [1.54, 1.807) is 0 Å². The normalized spacial score (nSPS) is 30.4. The molecule has 0 aromatic carbocycles. The Bertz CT molecular complexity index is 203. The van der Waals surface area contributed by atoms with Crippen molar-refractivity contribution in [2.75, 3.05) is 13.2 Å². The summed E-state index contributed by atoms with van der Waals surface area (Å²) >= 11 is 0. The first-order valence-corrected chi connectivity index (χ1v) is 5.80. The van der Waals surface area contributed by atoms with E-state index in [4.69, 9.17) is 14.2 Å². The molecule has 15 heavy (non-hydrogen) atoms. The zero-order valence-electron chi connectivity index (χ0n) is 10.2. The molecule has 88 valence electrons. The van der Waals surface area contributed by atoms with Crippen molar-refractivity contribution in [2.45, 2.75) is 63.9 Å². The summed E-state index contributed by atoms with van der Waals surface area (Å²) in [5, 5.41) is 0. The summed E-state index contributed by atoms with van der Waals surface area (Å²) in [5.41, 5.74) is -0.195. The Balaban J connectivity index is 1.80. The van der Waals surface area contributed by atoms with E-state index in [0.29, 0.717) is 12.2 Å². The number of hydrogen-bond acceptors (Lipinski definition) is 3. The molecule has 2 aliphatic rings. The fourth-order valence-corrected chi connectivity index (χ4v) is 2.30. The minimum absolute atomic E-state index is 0.0977. The molecular weight excluding hydrogens is 192 g/mol. The third-order valence-corrected chi connectivity index (χ3v) is 2.80. The van der Waals surface area contributed by atoms with E-state index in [1.807, 2.05) is 0 Å². The lowest BCUT2D eigenvalue weighted by Gasteiger charge is -2.35. The van der Waals surface area contributed by atoms with Gasteiger partial charge in [-0.25, -0.2) is 0 Å². The highest BCUT2D eigenvalue weighted by atomic mass is 16.6. The van der Waals surface area contributed by atoms with Crippen LogP contribution in [0.15, 0.2) is 0 Å². The minimum atomic E-state index is -0.0977. The van der Waals surface area contributed by atoms with Crippen molar-refractivity contribution < 1.29 is 14.2 Å². The van der Waals surface area contributed by atoms with Gasteiger partial charge in [-0.1, -0.05) is 0 Å². The zero-order chi connectivity index (χ0) is 11.1.